The monoisotopic (exact) mass is 1300 g/mol. The molecule has 0 aromatic carbocycles. The van der Waals surface area contributed by atoms with Crippen molar-refractivity contribution in [1.82, 2.24) is 0 Å². The molecule has 0 bridgehead atoms. The van der Waals surface area contributed by atoms with E-state index < -0.39 is 44.8 Å². The van der Waals surface area contributed by atoms with Crippen LogP contribution in [0.5, 0.6) is 0 Å². The molecular formula is C75H130O10Si4. The Morgan fingerprint density at radius 1 is 0.573 bits per heavy atom. The summed E-state index contributed by atoms with van der Waals surface area (Å²) in [5.74, 6) is -0.350. The Bertz CT molecular complexity index is 2730. The number of carbonyl (C=O) groups excluding carboxylic acids is 1. The first-order valence-electron chi connectivity index (χ1n) is 34.4. The fraction of sp³-hybridized carbons (Fsp3) is 0.760. The highest BCUT2D eigenvalue weighted by molar-refractivity contribution is 6.75. The van der Waals surface area contributed by atoms with Crippen LogP contribution in [0, 0.1) is 22.7 Å². The molecule has 506 valence electrons. The van der Waals surface area contributed by atoms with Gasteiger partial charge in [-0.1, -0.05) is 165 Å². The van der Waals surface area contributed by atoms with Crippen LogP contribution in [-0.2, 0) is 41.5 Å². The van der Waals surface area contributed by atoms with Crippen LogP contribution in [0.2, 0.25) is 72.5 Å². The predicted octanol–water partition coefficient (Wildman–Crippen LogP) is 20.8. The number of carboxylic acids is 1. The van der Waals surface area contributed by atoms with Gasteiger partial charge in [0.1, 0.15) is 18.8 Å². The molecule has 0 heterocycles. The largest absolute Gasteiger partial charge is 0.480 e. The third-order valence-corrected chi connectivity index (χ3v) is 41.8. The lowest BCUT2D eigenvalue weighted by atomic mass is 9.63. The number of aliphatic carboxylic acids is 1. The number of esters is 1. The minimum atomic E-state index is -2.01. The number of allylic oxidation sites excluding steroid dienone is 8. The van der Waals surface area contributed by atoms with Gasteiger partial charge >= 0.3 is 11.9 Å². The molecule has 89 heavy (non-hydrogen) atoms. The maximum Gasteiger partial charge on any atom is 0.332 e. The van der Waals surface area contributed by atoms with Gasteiger partial charge in [-0.2, -0.15) is 0 Å². The minimum absolute atomic E-state index is 0.00599. The number of ether oxygens (including phenoxy) is 3. The maximum atomic E-state index is 12.5. The smallest absolute Gasteiger partial charge is 0.332 e. The summed E-state index contributed by atoms with van der Waals surface area (Å²) in [5.41, 5.74) is 9.94. The molecule has 4 fully saturated rings. The van der Waals surface area contributed by atoms with Crippen molar-refractivity contribution < 1.29 is 46.6 Å². The van der Waals surface area contributed by atoms with Crippen LogP contribution in [0.4, 0.5) is 0 Å². The van der Waals surface area contributed by atoms with E-state index in [0.717, 1.165) is 94.6 Å². The normalized spacial score (nSPS) is 29.6. The van der Waals surface area contributed by atoms with E-state index in [0.29, 0.717) is 11.8 Å². The molecule has 1 unspecified atom stereocenters. The Kier molecular flexibility index (Phi) is 25.0. The molecule has 14 heteroatoms. The van der Waals surface area contributed by atoms with Crippen LogP contribution in [0.25, 0.3) is 0 Å². The summed E-state index contributed by atoms with van der Waals surface area (Å²) in [4.78, 5) is 23.6. The van der Waals surface area contributed by atoms with Crippen LogP contribution in [0.15, 0.2) is 94.2 Å². The molecule has 6 rings (SSSR count). The second-order valence-corrected chi connectivity index (χ2v) is 53.9. The van der Waals surface area contributed by atoms with Crippen LogP contribution in [0.1, 0.15) is 215 Å². The SMILES string of the molecule is C=C1C(=CC=C2CCC[C@]3(C)C([C@H](C)OCC(=O)O)=CCC23)C[C@@H](O[Si](C)(C)C(C)(C)C)C[C@@H]1O[Si](C)(C)C(C)(C)C.C=C1C(=CC=C2CCC[C@]3(C)C([C@H](C)OCC(=O)OC(C)(C)CC)=CC[C@@H]23)C[C@@H](O[Si](C)(C)C(C)(C)C)C[C@@H]1O[Si](C)(C)C(C)(C)C. The average Bonchev–Trinajstić information content (AvgIpc) is 1.69. The third-order valence-electron chi connectivity index (χ3n) is 23.7. The highest BCUT2D eigenvalue weighted by Crippen LogP contribution is 2.58. The molecule has 10 atom stereocenters. The second-order valence-electron chi connectivity index (χ2n) is 34.9. The van der Waals surface area contributed by atoms with Crippen molar-refractivity contribution in [2.75, 3.05) is 13.2 Å². The number of hydrogen-bond donors (Lipinski definition) is 1. The Morgan fingerprint density at radius 3 is 1.24 bits per heavy atom. The molecular weight excluding hydrogens is 1170 g/mol. The summed E-state index contributed by atoms with van der Waals surface area (Å²) in [6, 6.07) is 0. The maximum absolute atomic E-state index is 12.5. The van der Waals surface area contributed by atoms with Gasteiger partial charge in [-0.25, -0.2) is 9.59 Å². The van der Waals surface area contributed by atoms with E-state index in [1.54, 1.807) is 0 Å². The fourth-order valence-corrected chi connectivity index (χ4v) is 18.8. The van der Waals surface area contributed by atoms with Crippen molar-refractivity contribution >= 4 is 45.2 Å². The van der Waals surface area contributed by atoms with E-state index in [1.807, 2.05) is 27.7 Å². The first kappa shape index (κ1) is 77.2. The molecule has 0 spiro atoms. The number of carboxylic acid groups (broad SMARTS) is 1. The zero-order chi connectivity index (χ0) is 67.7. The van der Waals surface area contributed by atoms with Crippen LogP contribution < -0.4 is 0 Å². The Balaban J connectivity index is 0.000000326. The van der Waals surface area contributed by atoms with E-state index in [9.17, 15) is 9.59 Å². The third kappa shape index (κ3) is 18.9. The summed E-state index contributed by atoms with van der Waals surface area (Å²) < 4.78 is 45.7. The van der Waals surface area contributed by atoms with E-state index in [-0.39, 0.29) is 86.8 Å². The molecule has 0 aromatic rings. The number of fused-ring (bicyclic) bond motifs is 2. The molecule has 0 saturated heterocycles. The second kappa shape index (κ2) is 28.8. The lowest BCUT2D eigenvalue weighted by molar-refractivity contribution is -0.163. The van der Waals surface area contributed by atoms with Gasteiger partial charge in [0.05, 0.1) is 36.6 Å². The van der Waals surface area contributed by atoms with Crippen LogP contribution in [0.3, 0.4) is 0 Å². The van der Waals surface area contributed by atoms with Gasteiger partial charge in [-0.3, -0.25) is 0 Å². The fourth-order valence-electron chi connectivity index (χ4n) is 13.5. The summed E-state index contributed by atoms with van der Waals surface area (Å²) >= 11 is 0. The molecule has 0 aromatic heterocycles. The van der Waals surface area contributed by atoms with Gasteiger partial charge in [-0.05, 0) is 227 Å². The molecule has 0 amide bonds. The van der Waals surface area contributed by atoms with Gasteiger partial charge in [-0.15, -0.1) is 0 Å². The number of rotatable bonds is 20. The molecule has 6 aliphatic rings. The van der Waals surface area contributed by atoms with E-state index in [1.165, 1.54) is 33.4 Å². The lowest BCUT2D eigenvalue weighted by Gasteiger charge is -2.45. The number of carbonyl (C=O) groups is 2. The highest BCUT2D eigenvalue weighted by Gasteiger charge is 2.50. The van der Waals surface area contributed by atoms with Crippen LogP contribution >= 0.6 is 0 Å². The molecule has 0 aliphatic heterocycles. The minimum Gasteiger partial charge on any atom is -0.480 e. The van der Waals surface area contributed by atoms with Crippen LogP contribution in [-0.4, -0.2) is 106 Å². The zero-order valence-corrected chi connectivity index (χ0v) is 65.7. The van der Waals surface area contributed by atoms with Gasteiger partial charge in [0, 0.05) is 12.8 Å². The highest BCUT2D eigenvalue weighted by atomic mass is 28.4. The first-order chi connectivity index (χ1) is 40.4. The molecule has 4 saturated carbocycles. The van der Waals surface area contributed by atoms with Crippen molar-refractivity contribution in [1.29, 1.82) is 0 Å². The van der Waals surface area contributed by atoms with E-state index >= 15 is 0 Å². The molecule has 0 radical (unpaired) electrons. The van der Waals surface area contributed by atoms with Gasteiger partial charge < -0.3 is 37.0 Å². The number of hydrogen-bond acceptors (Lipinski definition) is 9. The molecule has 10 nitrogen and oxygen atoms in total. The average molecular weight is 1300 g/mol. The summed E-state index contributed by atoms with van der Waals surface area (Å²) in [5, 5.41) is 9.66. The van der Waals surface area contributed by atoms with Gasteiger partial charge in [0.15, 0.2) is 33.3 Å². The van der Waals surface area contributed by atoms with Crippen molar-refractivity contribution in [3.05, 3.63) is 94.2 Å². The van der Waals surface area contributed by atoms with E-state index in [2.05, 4.69) is 206 Å². The quantitative estimate of drug-likeness (QED) is 0.0717. The van der Waals surface area contributed by atoms with Crippen molar-refractivity contribution in [3.63, 3.8) is 0 Å². The van der Waals surface area contributed by atoms with Crippen molar-refractivity contribution in [2.45, 2.75) is 330 Å². The summed E-state index contributed by atoms with van der Waals surface area (Å²) in [6.45, 7) is 70.2. The Hall–Kier alpha value is -2.51. The first-order valence-corrected chi connectivity index (χ1v) is 46.0. The standard InChI is InChI=1S/C40H70O5Si2.C35H60O5Si2/c1-17-39(10,11)43-36(41)27-42-29(3)33-22-23-34-30(19-18-24-40(33,34)12)20-21-31-25-32(44-46(13,14)37(4,5)6)26-35(28(31)2)45-47(15,16)38(7,8)9;1-24-27(17-16-26-15-14-20-35(9)29(18-19-30(26)35)25(2)38-23-32(36)37)21-28(39-41(10,11)33(3,4)5)22-31(24)40-42(12,13)34(6,7)8/h20-22,29,32,34-35H,2,17-19,23-27H2,1,3-16H3;16-18,25,28,30-31H,1,14-15,19-23H2,2-13H3,(H,36,37)/t29-,32+,34-,35-,40+;25-,28+,30?,31-,35+/m00/s1. The lowest BCUT2D eigenvalue weighted by Crippen LogP contribution is -2.49. The topological polar surface area (TPSA) is 119 Å². The Morgan fingerprint density at radius 2 is 0.910 bits per heavy atom. The molecule has 6 aliphatic carbocycles. The van der Waals surface area contributed by atoms with Gasteiger partial charge in [0.25, 0.3) is 0 Å². The van der Waals surface area contributed by atoms with E-state index in [4.69, 9.17) is 37.0 Å². The zero-order valence-electron chi connectivity index (χ0n) is 61.7. The van der Waals surface area contributed by atoms with Crippen molar-refractivity contribution in [2.24, 2.45) is 22.7 Å². The summed E-state index contributed by atoms with van der Waals surface area (Å²) in [7, 11) is -7.94. The molecule has 1 N–H and O–H groups in total. The Labute approximate surface area is 548 Å². The summed E-state index contributed by atoms with van der Waals surface area (Å²) in [6.07, 6.45) is 27.0. The predicted molar refractivity (Wildman–Crippen MR) is 383 cm³/mol. The van der Waals surface area contributed by atoms with Gasteiger partial charge in [0.2, 0.25) is 0 Å². The van der Waals surface area contributed by atoms with Crippen molar-refractivity contribution in [3.8, 4) is 0 Å².